The summed E-state index contributed by atoms with van der Waals surface area (Å²) in [7, 11) is -10.4. The average Bonchev–Trinajstić information content (AvgIpc) is 2.13. The summed E-state index contributed by atoms with van der Waals surface area (Å²) in [5.41, 5.74) is 0. The average molecular weight is 341 g/mol. The van der Waals surface area contributed by atoms with Crippen LogP contribution in [0.5, 0.6) is 0 Å². The fourth-order valence-corrected chi connectivity index (χ4v) is 4.89. The Bertz CT molecular complexity index is 463. The van der Waals surface area contributed by atoms with E-state index in [2.05, 4.69) is 0 Å². The van der Waals surface area contributed by atoms with Crippen LogP contribution in [0.15, 0.2) is 29.2 Å². The van der Waals surface area contributed by atoms with Crippen molar-refractivity contribution >= 4 is 61.6 Å². The smallest absolute Gasteiger partial charge is 0.777 e. The van der Waals surface area contributed by atoms with Gasteiger partial charge in [-0.25, -0.2) is 0 Å². The maximum absolute atomic E-state index is 10.9. The molecule has 2 atom stereocenters. The van der Waals surface area contributed by atoms with Gasteiger partial charge in [0.2, 0.25) is 0 Å². The van der Waals surface area contributed by atoms with Gasteiger partial charge in [-0.3, -0.25) is 0 Å². The number of rotatable bonds is 4. The molecule has 0 aliphatic heterocycles. The molecule has 11 heteroatoms. The first kappa shape index (κ1) is 18.9. The first-order chi connectivity index (χ1) is 7.60. The molecule has 0 heterocycles. The second-order valence-electron chi connectivity index (χ2n) is 3.03. The third-order valence-corrected chi connectivity index (χ3v) is 7.72. The van der Waals surface area contributed by atoms with Crippen molar-refractivity contribution in [2.24, 2.45) is 0 Å². The van der Waals surface area contributed by atoms with E-state index in [1.165, 1.54) is 24.3 Å². The SMILES string of the molecule is O=P([O-])(O)C(Sc1ccc(Cl)cc1)P(=O)([O-])O.[Mg+2]. The molecule has 1 rings (SSSR count). The summed E-state index contributed by atoms with van der Waals surface area (Å²) in [6.45, 7) is 0. The number of benzene rings is 1. The van der Waals surface area contributed by atoms with E-state index in [1.807, 2.05) is 0 Å². The number of hydrogen-bond donors (Lipinski definition) is 2. The molecule has 1 aromatic rings. The molecule has 6 nitrogen and oxygen atoms in total. The minimum Gasteiger partial charge on any atom is -0.777 e. The number of hydrogen-bond acceptors (Lipinski definition) is 5. The minimum atomic E-state index is -5.22. The topological polar surface area (TPSA) is 121 Å². The van der Waals surface area contributed by atoms with Crippen LogP contribution in [0.25, 0.3) is 0 Å². The second kappa shape index (κ2) is 7.08. The van der Waals surface area contributed by atoms with Crippen LogP contribution in [0.1, 0.15) is 0 Å². The predicted octanol–water partition coefficient (Wildman–Crippen LogP) is 0.426. The Hall–Kier alpha value is 0.926. The molecular weight excluding hydrogens is 334 g/mol. The zero-order chi connectivity index (χ0) is 13.3. The number of halogens is 1. The third kappa shape index (κ3) is 5.92. The Morgan fingerprint density at radius 3 is 1.83 bits per heavy atom. The van der Waals surface area contributed by atoms with E-state index in [9.17, 15) is 18.9 Å². The van der Waals surface area contributed by atoms with Crippen LogP contribution in [0.3, 0.4) is 0 Å². The zero-order valence-corrected chi connectivity index (χ0v) is 13.6. The van der Waals surface area contributed by atoms with Crippen LogP contribution in [0.2, 0.25) is 5.02 Å². The largest absolute Gasteiger partial charge is 2.00 e. The molecule has 0 radical (unpaired) electrons. The van der Waals surface area contributed by atoms with Crippen molar-refractivity contribution in [3.8, 4) is 0 Å². The van der Waals surface area contributed by atoms with Crippen molar-refractivity contribution in [3.05, 3.63) is 29.3 Å². The summed E-state index contributed by atoms with van der Waals surface area (Å²) in [6, 6.07) is 5.57. The molecule has 2 unspecified atom stereocenters. The van der Waals surface area contributed by atoms with E-state index in [0.29, 0.717) is 16.8 Å². The van der Waals surface area contributed by atoms with Gasteiger partial charge in [-0.1, -0.05) is 11.6 Å². The van der Waals surface area contributed by atoms with Gasteiger partial charge in [0.1, 0.15) is 4.73 Å². The molecule has 0 saturated carbocycles. The molecule has 0 amide bonds. The molecule has 0 bridgehead atoms. The van der Waals surface area contributed by atoms with Crippen LogP contribution >= 0.6 is 38.6 Å². The van der Waals surface area contributed by atoms with Crippen LogP contribution < -0.4 is 9.79 Å². The van der Waals surface area contributed by atoms with Gasteiger partial charge >= 0.3 is 23.1 Å². The molecule has 0 aliphatic carbocycles. The Morgan fingerprint density at radius 2 is 1.50 bits per heavy atom. The van der Waals surface area contributed by atoms with Gasteiger partial charge < -0.3 is 28.7 Å². The molecule has 1 aromatic carbocycles. The Morgan fingerprint density at radius 1 is 1.11 bits per heavy atom. The van der Waals surface area contributed by atoms with Crippen molar-refractivity contribution in [2.45, 2.75) is 9.63 Å². The van der Waals surface area contributed by atoms with Crippen molar-refractivity contribution in [1.29, 1.82) is 0 Å². The van der Waals surface area contributed by atoms with Crippen LogP contribution in [0, 0.1) is 0 Å². The summed E-state index contributed by atoms with van der Waals surface area (Å²) in [5.74, 6) is 0. The second-order valence-corrected chi connectivity index (χ2v) is 9.04. The fourth-order valence-electron chi connectivity index (χ4n) is 0.952. The van der Waals surface area contributed by atoms with Crippen molar-refractivity contribution in [1.82, 2.24) is 0 Å². The van der Waals surface area contributed by atoms with Crippen LogP contribution in [0.4, 0.5) is 0 Å². The molecule has 0 aliphatic rings. The van der Waals surface area contributed by atoms with Gasteiger partial charge in [0.05, 0.1) is 0 Å². The molecule has 96 valence electrons. The van der Waals surface area contributed by atoms with E-state index in [-0.39, 0.29) is 27.9 Å². The monoisotopic (exact) mass is 340 g/mol. The predicted molar refractivity (Wildman–Crippen MR) is 66.5 cm³/mol. The number of thioether (sulfide) groups is 1. The fraction of sp³-hybridized carbons (Fsp3) is 0.143. The molecular formula is C7H7ClMgO6P2S. The van der Waals surface area contributed by atoms with E-state index < -0.39 is 19.9 Å². The quantitative estimate of drug-likeness (QED) is 0.463. The summed E-state index contributed by atoms with van der Waals surface area (Å²) in [6.07, 6.45) is 0. The van der Waals surface area contributed by atoms with E-state index in [4.69, 9.17) is 21.4 Å². The van der Waals surface area contributed by atoms with Crippen molar-refractivity contribution in [3.63, 3.8) is 0 Å². The normalized spacial score (nSPS) is 19.2. The van der Waals surface area contributed by atoms with E-state index in [1.54, 1.807) is 0 Å². The zero-order valence-electron chi connectivity index (χ0n) is 8.80. The molecule has 0 spiro atoms. The van der Waals surface area contributed by atoms with Gasteiger partial charge in [0, 0.05) is 9.92 Å². The van der Waals surface area contributed by atoms with Gasteiger partial charge in [-0.15, -0.1) is 11.8 Å². The molecule has 0 saturated heterocycles. The van der Waals surface area contributed by atoms with Gasteiger partial charge in [0.25, 0.3) is 0 Å². The van der Waals surface area contributed by atoms with Gasteiger partial charge in [0.15, 0.2) is 15.2 Å². The maximum Gasteiger partial charge on any atom is 2.00 e. The van der Waals surface area contributed by atoms with E-state index >= 15 is 0 Å². The van der Waals surface area contributed by atoms with Crippen molar-refractivity contribution in [2.75, 3.05) is 0 Å². The molecule has 0 fully saturated rings. The molecule has 18 heavy (non-hydrogen) atoms. The summed E-state index contributed by atoms with van der Waals surface area (Å²) in [5, 5.41) is 0.384. The maximum atomic E-state index is 10.9. The van der Waals surface area contributed by atoms with Gasteiger partial charge in [-0.05, 0) is 24.3 Å². The Kier molecular flexibility index (Phi) is 7.45. The Labute approximate surface area is 129 Å². The standard InChI is InChI=1S/C7H9ClO6P2S.Mg/c8-5-1-3-6(4-2-5)17-7(15(9,10)11)16(12,13)14;/h1-4,7H,(H2,9,10,11)(H2,12,13,14);/q;+2/p-2. The molecule has 0 aromatic heterocycles. The summed E-state index contributed by atoms with van der Waals surface area (Å²) in [4.78, 5) is 39.4. The van der Waals surface area contributed by atoms with E-state index in [0.717, 1.165) is 0 Å². The summed E-state index contributed by atoms with van der Waals surface area (Å²) < 4.78 is 19.4. The Balaban J connectivity index is 0.00000289. The summed E-state index contributed by atoms with van der Waals surface area (Å²) >= 11 is 5.89. The van der Waals surface area contributed by atoms with Gasteiger partial charge in [-0.2, -0.15) is 0 Å². The first-order valence-corrected chi connectivity index (χ1v) is 8.65. The van der Waals surface area contributed by atoms with Crippen molar-refractivity contribution < 1.29 is 28.7 Å². The first-order valence-electron chi connectivity index (χ1n) is 4.10. The molecule has 2 N–H and O–H groups in total. The third-order valence-electron chi connectivity index (χ3n) is 1.61. The van der Waals surface area contributed by atoms with Crippen LogP contribution in [-0.2, 0) is 9.13 Å². The minimum absolute atomic E-state index is 0. The van der Waals surface area contributed by atoms with Crippen LogP contribution in [-0.4, -0.2) is 37.6 Å².